The van der Waals surface area contributed by atoms with Crippen LogP contribution in [0.4, 0.5) is 0 Å². The normalized spacial score (nSPS) is 25.7. The van der Waals surface area contributed by atoms with Crippen LogP contribution >= 0.6 is 11.6 Å². The SMILES string of the molecule is Cc1noc(C)c1S(=O)(=O)N1CC(CCl)OCC1C. The molecular weight excluding hydrogens is 292 g/mol. The molecule has 2 rings (SSSR count). The zero-order valence-corrected chi connectivity index (χ0v) is 12.7. The average Bonchev–Trinajstić information content (AvgIpc) is 2.70. The number of aromatic nitrogens is 1. The van der Waals surface area contributed by atoms with Crippen molar-refractivity contribution in [2.24, 2.45) is 0 Å². The van der Waals surface area contributed by atoms with E-state index in [2.05, 4.69) is 5.16 Å². The second-order valence-corrected chi connectivity index (χ2v) is 6.82. The van der Waals surface area contributed by atoms with Gasteiger partial charge in [-0.25, -0.2) is 8.42 Å². The molecule has 0 saturated carbocycles. The Balaban J connectivity index is 2.38. The van der Waals surface area contributed by atoms with Crippen LogP contribution in [-0.2, 0) is 14.8 Å². The van der Waals surface area contributed by atoms with E-state index in [9.17, 15) is 8.42 Å². The zero-order chi connectivity index (χ0) is 14.2. The van der Waals surface area contributed by atoms with Crippen LogP contribution in [0.5, 0.6) is 0 Å². The quantitative estimate of drug-likeness (QED) is 0.787. The third-order valence-electron chi connectivity index (χ3n) is 3.15. The molecule has 0 aliphatic carbocycles. The van der Waals surface area contributed by atoms with E-state index in [0.29, 0.717) is 18.1 Å². The molecule has 0 N–H and O–H groups in total. The molecule has 1 aliphatic heterocycles. The number of rotatable bonds is 3. The second-order valence-electron chi connectivity index (χ2n) is 4.69. The predicted molar refractivity (Wildman–Crippen MR) is 69.8 cm³/mol. The van der Waals surface area contributed by atoms with Gasteiger partial charge in [-0.15, -0.1) is 11.6 Å². The maximum atomic E-state index is 12.7. The van der Waals surface area contributed by atoms with Crippen LogP contribution in [-0.4, -0.2) is 49.1 Å². The van der Waals surface area contributed by atoms with Gasteiger partial charge >= 0.3 is 0 Å². The van der Waals surface area contributed by atoms with Crippen molar-refractivity contribution in [3.8, 4) is 0 Å². The summed E-state index contributed by atoms with van der Waals surface area (Å²) in [7, 11) is -3.63. The van der Waals surface area contributed by atoms with Crippen molar-refractivity contribution < 1.29 is 17.7 Å². The lowest BCUT2D eigenvalue weighted by Crippen LogP contribution is -2.51. The smallest absolute Gasteiger partial charge is 0.248 e. The number of sulfonamides is 1. The van der Waals surface area contributed by atoms with Crippen molar-refractivity contribution in [3.05, 3.63) is 11.5 Å². The van der Waals surface area contributed by atoms with Crippen LogP contribution in [0.3, 0.4) is 0 Å². The van der Waals surface area contributed by atoms with Crippen LogP contribution in [0.1, 0.15) is 18.4 Å². The Bertz CT molecular complexity index is 538. The fourth-order valence-corrected chi connectivity index (χ4v) is 4.31. The topological polar surface area (TPSA) is 72.6 Å². The lowest BCUT2D eigenvalue weighted by atomic mass is 10.2. The molecule has 1 aromatic heterocycles. The van der Waals surface area contributed by atoms with E-state index in [4.69, 9.17) is 20.9 Å². The molecule has 19 heavy (non-hydrogen) atoms. The summed E-state index contributed by atoms with van der Waals surface area (Å²) >= 11 is 5.75. The molecule has 0 spiro atoms. The van der Waals surface area contributed by atoms with Gasteiger partial charge in [0.1, 0.15) is 10.6 Å². The molecule has 1 aromatic rings. The molecule has 0 radical (unpaired) electrons. The van der Waals surface area contributed by atoms with Crippen molar-refractivity contribution in [3.63, 3.8) is 0 Å². The highest BCUT2D eigenvalue weighted by molar-refractivity contribution is 7.89. The molecule has 1 aliphatic rings. The summed E-state index contributed by atoms with van der Waals surface area (Å²) in [4.78, 5) is 0.148. The highest BCUT2D eigenvalue weighted by atomic mass is 35.5. The Morgan fingerprint density at radius 2 is 2.16 bits per heavy atom. The fraction of sp³-hybridized carbons (Fsp3) is 0.727. The summed E-state index contributed by atoms with van der Waals surface area (Å²) in [6.45, 7) is 5.60. The molecule has 2 atom stereocenters. The Morgan fingerprint density at radius 1 is 1.47 bits per heavy atom. The van der Waals surface area contributed by atoms with E-state index in [-0.39, 0.29) is 29.5 Å². The Kier molecular flexibility index (Phi) is 4.20. The van der Waals surface area contributed by atoms with Crippen LogP contribution in [0.15, 0.2) is 9.42 Å². The molecule has 0 amide bonds. The van der Waals surface area contributed by atoms with Crippen LogP contribution in [0.2, 0.25) is 0 Å². The number of alkyl halides is 1. The van der Waals surface area contributed by atoms with Gasteiger partial charge in [0, 0.05) is 18.5 Å². The minimum absolute atomic E-state index is 0.148. The van der Waals surface area contributed by atoms with Gasteiger partial charge in [0.15, 0.2) is 5.76 Å². The molecule has 108 valence electrons. The monoisotopic (exact) mass is 308 g/mol. The zero-order valence-electron chi connectivity index (χ0n) is 11.1. The van der Waals surface area contributed by atoms with Gasteiger partial charge in [0.25, 0.3) is 0 Å². The molecule has 8 heteroatoms. The summed E-state index contributed by atoms with van der Waals surface area (Å²) < 4.78 is 37.2. The number of halogens is 1. The number of morpholine rings is 1. The van der Waals surface area contributed by atoms with E-state index in [1.165, 1.54) is 4.31 Å². The van der Waals surface area contributed by atoms with Crippen molar-refractivity contribution in [2.45, 2.75) is 37.8 Å². The minimum Gasteiger partial charge on any atom is -0.374 e. The van der Waals surface area contributed by atoms with Crippen molar-refractivity contribution in [1.82, 2.24) is 9.46 Å². The van der Waals surface area contributed by atoms with Gasteiger partial charge < -0.3 is 9.26 Å². The maximum Gasteiger partial charge on any atom is 0.248 e. The molecular formula is C11H17ClN2O4S. The number of hydrogen-bond acceptors (Lipinski definition) is 5. The predicted octanol–water partition coefficient (Wildman–Crippen LogP) is 1.31. The largest absolute Gasteiger partial charge is 0.374 e. The van der Waals surface area contributed by atoms with Gasteiger partial charge in [-0.05, 0) is 20.8 Å². The van der Waals surface area contributed by atoms with E-state index < -0.39 is 10.0 Å². The molecule has 2 heterocycles. The average molecular weight is 309 g/mol. The van der Waals surface area contributed by atoms with Crippen molar-refractivity contribution in [1.29, 1.82) is 0 Å². The third kappa shape index (κ3) is 2.65. The van der Waals surface area contributed by atoms with Crippen molar-refractivity contribution >= 4 is 21.6 Å². The van der Waals surface area contributed by atoms with Crippen molar-refractivity contribution in [2.75, 3.05) is 19.0 Å². The van der Waals surface area contributed by atoms with Crippen LogP contribution < -0.4 is 0 Å². The van der Waals surface area contributed by atoms with E-state index in [1.54, 1.807) is 20.8 Å². The van der Waals surface area contributed by atoms with Gasteiger partial charge in [-0.3, -0.25) is 0 Å². The molecule has 0 bridgehead atoms. The van der Waals surface area contributed by atoms with Gasteiger partial charge in [-0.2, -0.15) is 4.31 Å². The summed E-state index contributed by atoms with van der Waals surface area (Å²) in [5, 5.41) is 3.70. The van der Waals surface area contributed by atoms with E-state index >= 15 is 0 Å². The van der Waals surface area contributed by atoms with E-state index in [1.807, 2.05) is 0 Å². The van der Waals surface area contributed by atoms with Gasteiger partial charge in [0.2, 0.25) is 10.0 Å². The summed E-state index contributed by atoms with van der Waals surface area (Å²) in [5.41, 5.74) is 0.374. The first-order chi connectivity index (χ1) is 8.87. The Labute approximate surface area is 117 Å². The third-order valence-corrected chi connectivity index (χ3v) is 5.72. The molecule has 1 saturated heterocycles. The lowest BCUT2D eigenvalue weighted by Gasteiger charge is -2.36. The second kappa shape index (κ2) is 5.40. The number of aryl methyl sites for hydroxylation is 2. The van der Waals surface area contributed by atoms with E-state index in [0.717, 1.165) is 0 Å². The van der Waals surface area contributed by atoms with Gasteiger partial charge in [0.05, 0.1) is 12.7 Å². The first-order valence-corrected chi connectivity index (χ1v) is 7.97. The lowest BCUT2D eigenvalue weighted by molar-refractivity contribution is -0.0152. The Morgan fingerprint density at radius 3 is 2.68 bits per heavy atom. The summed E-state index contributed by atoms with van der Waals surface area (Å²) in [6, 6.07) is -0.238. The van der Waals surface area contributed by atoms with Gasteiger partial charge in [-0.1, -0.05) is 5.16 Å². The summed E-state index contributed by atoms with van der Waals surface area (Å²) in [5.74, 6) is 0.569. The number of hydrogen-bond donors (Lipinski definition) is 0. The molecule has 1 fully saturated rings. The van der Waals surface area contributed by atoms with Crippen LogP contribution in [0.25, 0.3) is 0 Å². The fourth-order valence-electron chi connectivity index (χ4n) is 2.18. The number of nitrogens with zero attached hydrogens (tertiary/aromatic N) is 2. The van der Waals surface area contributed by atoms with Crippen LogP contribution in [0, 0.1) is 13.8 Å². The first-order valence-electron chi connectivity index (χ1n) is 6.00. The molecule has 0 aromatic carbocycles. The highest BCUT2D eigenvalue weighted by Crippen LogP contribution is 2.27. The summed E-state index contributed by atoms with van der Waals surface area (Å²) in [6.07, 6.45) is -0.284. The minimum atomic E-state index is -3.63. The number of ether oxygens (including phenoxy) is 1. The Hall–Kier alpha value is -0.630. The molecule has 2 unspecified atom stereocenters. The first kappa shape index (κ1) is 14.8. The standard InChI is InChI=1S/C11H17ClN2O4S/c1-7-6-17-10(4-12)5-14(7)19(15,16)11-8(2)13-18-9(11)3/h7,10H,4-6H2,1-3H3. The highest BCUT2D eigenvalue weighted by Gasteiger charge is 2.38. The maximum absolute atomic E-state index is 12.7. The molecule has 6 nitrogen and oxygen atoms in total.